The number of likely N-dealkylation sites (tertiary alicyclic amines) is 1. The number of rotatable bonds is 4. The first-order valence-electron chi connectivity index (χ1n) is 7.48. The summed E-state index contributed by atoms with van der Waals surface area (Å²) in [7, 11) is 0. The fourth-order valence-corrected chi connectivity index (χ4v) is 2.93. The van der Waals surface area contributed by atoms with Gasteiger partial charge in [0.2, 0.25) is 5.89 Å². The van der Waals surface area contributed by atoms with Gasteiger partial charge in [-0.15, -0.1) is 0 Å². The van der Waals surface area contributed by atoms with Crippen LogP contribution in [-0.2, 0) is 0 Å². The first-order valence-corrected chi connectivity index (χ1v) is 7.48. The van der Waals surface area contributed by atoms with Gasteiger partial charge < -0.3 is 9.63 Å². The molecule has 0 aliphatic carbocycles. The molecule has 5 heteroatoms. The molecule has 1 aliphatic rings. The van der Waals surface area contributed by atoms with Crippen molar-refractivity contribution >= 4 is 0 Å². The van der Waals surface area contributed by atoms with Crippen molar-refractivity contribution in [3.8, 4) is 0 Å². The third kappa shape index (κ3) is 3.49. The van der Waals surface area contributed by atoms with Crippen molar-refractivity contribution in [3.05, 3.63) is 47.6 Å². The molecule has 1 aromatic carbocycles. The molecule has 2 aromatic rings. The summed E-state index contributed by atoms with van der Waals surface area (Å²) in [6.07, 6.45) is 1.71. The lowest BCUT2D eigenvalue weighted by molar-refractivity contribution is 0.0910. The topological polar surface area (TPSA) is 62.4 Å². The zero-order valence-electron chi connectivity index (χ0n) is 12.3. The highest BCUT2D eigenvalue weighted by molar-refractivity contribution is 5.17. The summed E-state index contributed by atoms with van der Waals surface area (Å²) < 4.78 is 5.29. The fourth-order valence-electron chi connectivity index (χ4n) is 2.93. The van der Waals surface area contributed by atoms with E-state index >= 15 is 0 Å². The standard InChI is InChI=1S/C16H21N3O2/c1-12-17-16(21-18-12)14-8-5-9-19(10-14)11-15(20)13-6-3-2-4-7-13/h2-4,6-7,14-15,20H,5,8-11H2,1H3/t14-,15-/m0/s1. The van der Waals surface area contributed by atoms with Crippen LogP contribution in [-0.4, -0.2) is 39.8 Å². The van der Waals surface area contributed by atoms with Gasteiger partial charge in [0.05, 0.1) is 12.0 Å². The van der Waals surface area contributed by atoms with E-state index < -0.39 is 6.10 Å². The van der Waals surface area contributed by atoms with Gasteiger partial charge in [0.25, 0.3) is 0 Å². The average Bonchev–Trinajstić information content (AvgIpc) is 2.95. The maximum atomic E-state index is 10.3. The van der Waals surface area contributed by atoms with Crippen molar-refractivity contribution in [2.45, 2.75) is 31.8 Å². The first-order chi connectivity index (χ1) is 10.2. The summed E-state index contributed by atoms with van der Waals surface area (Å²) in [5.41, 5.74) is 0.966. The van der Waals surface area contributed by atoms with Crippen molar-refractivity contribution in [2.75, 3.05) is 19.6 Å². The Balaban J connectivity index is 1.61. The highest BCUT2D eigenvalue weighted by atomic mass is 16.5. The molecule has 1 fully saturated rings. The number of aliphatic hydroxyl groups is 1. The molecule has 1 saturated heterocycles. The Bertz CT molecular complexity index is 570. The molecule has 1 aliphatic heterocycles. The molecule has 112 valence electrons. The first kappa shape index (κ1) is 14.2. The van der Waals surface area contributed by atoms with Crippen molar-refractivity contribution in [2.24, 2.45) is 0 Å². The Labute approximate surface area is 124 Å². The largest absolute Gasteiger partial charge is 0.387 e. The number of nitrogens with zero attached hydrogens (tertiary/aromatic N) is 3. The lowest BCUT2D eigenvalue weighted by atomic mass is 9.97. The van der Waals surface area contributed by atoms with E-state index in [0.717, 1.165) is 37.4 Å². The van der Waals surface area contributed by atoms with E-state index in [-0.39, 0.29) is 5.92 Å². The van der Waals surface area contributed by atoms with Gasteiger partial charge in [-0.3, -0.25) is 4.90 Å². The van der Waals surface area contributed by atoms with Crippen LogP contribution in [0.1, 0.15) is 42.1 Å². The van der Waals surface area contributed by atoms with E-state index in [0.29, 0.717) is 12.4 Å². The van der Waals surface area contributed by atoms with Gasteiger partial charge in [-0.2, -0.15) is 4.98 Å². The Morgan fingerprint density at radius 3 is 2.90 bits per heavy atom. The maximum Gasteiger partial charge on any atom is 0.231 e. The number of piperidine rings is 1. The van der Waals surface area contributed by atoms with Crippen LogP contribution >= 0.6 is 0 Å². The van der Waals surface area contributed by atoms with E-state index in [1.54, 1.807) is 0 Å². The number of aromatic nitrogens is 2. The zero-order valence-corrected chi connectivity index (χ0v) is 12.3. The Hall–Kier alpha value is -1.72. The van der Waals surface area contributed by atoms with Gasteiger partial charge in [0, 0.05) is 13.1 Å². The van der Waals surface area contributed by atoms with Crippen molar-refractivity contribution in [3.63, 3.8) is 0 Å². The molecule has 0 amide bonds. The van der Waals surface area contributed by atoms with Gasteiger partial charge in [-0.25, -0.2) is 0 Å². The minimum absolute atomic E-state index is 0.280. The van der Waals surface area contributed by atoms with Crippen LogP contribution in [0.3, 0.4) is 0 Å². The van der Waals surface area contributed by atoms with Gasteiger partial charge in [-0.1, -0.05) is 35.5 Å². The number of β-amino-alcohol motifs (C(OH)–C–C–N with tert-alkyl or cyclic N) is 1. The van der Waals surface area contributed by atoms with Crippen molar-refractivity contribution in [1.82, 2.24) is 15.0 Å². The lowest BCUT2D eigenvalue weighted by Gasteiger charge is -2.32. The second-order valence-corrected chi connectivity index (χ2v) is 5.71. The summed E-state index contributed by atoms with van der Waals surface area (Å²) in [6, 6.07) is 9.81. The molecular formula is C16H21N3O2. The highest BCUT2D eigenvalue weighted by Crippen LogP contribution is 2.27. The Morgan fingerprint density at radius 2 is 2.19 bits per heavy atom. The highest BCUT2D eigenvalue weighted by Gasteiger charge is 2.26. The maximum absolute atomic E-state index is 10.3. The third-order valence-electron chi connectivity index (χ3n) is 4.01. The number of aliphatic hydroxyl groups excluding tert-OH is 1. The summed E-state index contributed by atoms with van der Waals surface area (Å²) in [6.45, 7) is 4.36. The van der Waals surface area contributed by atoms with Gasteiger partial charge >= 0.3 is 0 Å². The molecule has 0 radical (unpaired) electrons. The Morgan fingerprint density at radius 1 is 1.38 bits per heavy atom. The lowest BCUT2D eigenvalue weighted by Crippen LogP contribution is -2.37. The van der Waals surface area contributed by atoms with Crippen LogP contribution in [0.4, 0.5) is 0 Å². The van der Waals surface area contributed by atoms with Gasteiger partial charge in [0.15, 0.2) is 5.82 Å². The number of aryl methyl sites for hydroxylation is 1. The van der Waals surface area contributed by atoms with Crippen LogP contribution in [0.5, 0.6) is 0 Å². The molecular weight excluding hydrogens is 266 g/mol. The molecule has 5 nitrogen and oxygen atoms in total. The van der Waals surface area contributed by atoms with E-state index in [1.165, 1.54) is 0 Å². The summed E-state index contributed by atoms with van der Waals surface area (Å²) >= 11 is 0. The zero-order chi connectivity index (χ0) is 14.7. The smallest absolute Gasteiger partial charge is 0.231 e. The molecule has 0 unspecified atom stereocenters. The van der Waals surface area contributed by atoms with E-state index in [1.807, 2.05) is 37.3 Å². The normalized spacial score (nSPS) is 21.3. The minimum atomic E-state index is -0.450. The van der Waals surface area contributed by atoms with E-state index in [2.05, 4.69) is 15.0 Å². The quantitative estimate of drug-likeness (QED) is 0.935. The number of hydrogen-bond acceptors (Lipinski definition) is 5. The number of hydrogen-bond donors (Lipinski definition) is 1. The summed E-state index contributed by atoms with van der Waals surface area (Å²) in [4.78, 5) is 6.62. The molecule has 2 atom stereocenters. The molecule has 0 bridgehead atoms. The molecule has 21 heavy (non-hydrogen) atoms. The Kier molecular flexibility index (Phi) is 4.31. The van der Waals surface area contributed by atoms with Crippen LogP contribution in [0.15, 0.2) is 34.9 Å². The second-order valence-electron chi connectivity index (χ2n) is 5.71. The van der Waals surface area contributed by atoms with Crippen LogP contribution in [0, 0.1) is 6.92 Å². The van der Waals surface area contributed by atoms with E-state index in [4.69, 9.17) is 4.52 Å². The SMILES string of the molecule is Cc1noc([C@H]2CCCN(C[C@H](O)c3ccccc3)C2)n1. The van der Waals surface area contributed by atoms with Crippen LogP contribution < -0.4 is 0 Å². The average molecular weight is 287 g/mol. The molecule has 3 rings (SSSR count). The van der Waals surface area contributed by atoms with Gasteiger partial charge in [0.1, 0.15) is 0 Å². The summed E-state index contributed by atoms with van der Waals surface area (Å²) in [5.74, 6) is 1.70. The molecule has 0 saturated carbocycles. The third-order valence-corrected chi connectivity index (χ3v) is 4.01. The molecule has 1 N–H and O–H groups in total. The van der Waals surface area contributed by atoms with Crippen molar-refractivity contribution in [1.29, 1.82) is 0 Å². The van der Waals surface area contributed by atoms with Gasteiger partial charge in [-0.05, 0) is 31.9 Å². The predicted molar refractivity (Wildman–Crippen MR) is 78.9 cm³/mol. The predicted octanol–water partition coefficient (Wildman–Crippen LogP) is 2.29. The van der Waals surface area contributed by atoms with Crippen molar-refractivity contribution < 1.29 is 9.63 Å². The van der Waals surface area contributed by atoms with Crippen LogP contribution in [0.2, 0.25) is 0 Å². The molecule has 2 heterocycles. The van der Waals surface area contributed by atoms with Crippen LogP contribution in [0.25, 0.3) is 0 Å². The summed E-state index contributed by atoms with van der Waals surface area (Å²) in [5, 5.41) is 14.2. The molecule has 0 spiro atoms. The second kappa shape index (κ2) is 6.37. The fraction of sp³-hybridized carbons (Fsp3) is 0.500. The minimum Gasteiger partial charge on any atom is -0.387 e. The number of benzene rings is 1. The molecule has 1 aromatic heterocycles. The monoisotopic (exact) mass is 287 g/mol. The van der Waals surface area contributed by atoms with E-state index in [9.17, 15) is 5.11 Å².